The molecule has 0 aliphatic rings. The fourth-order valence-corrected chi connectivity index (χ4v) is 2.88. The molecule has 2 N–H and O–H groups in total. The second-order valence-electron chi connectivity index (χ2n) is 5.62. The Morgan fingerprint density at radius 3 is 2.38 bits per heavy atom. The molecule has 5 heteroatoms. The maximum absolute atomic E-state index is 9.94. The highest BCUT2D eigenvalue weighted by molar-refractivity contribution is 6.30. The van der Waals surface area contributed by atoms with Crippen molar-refractivity contribution in [1.29, 1.82) is 0 Å². The summed E-state index contributed by atoms with van der Waals surface area (Å²) < 4.78 is 1.61. The van der Waals surface area contributed by atoms with Crippen molar-refractivity contribution in [3.05, 3.63) is 51.8 Å². The topological polar surface area (TPSA) is 58.3 Å². The maximum atomic E-state index is 9.94. The Hall–Kier alpha value is -1.36. The van der Waals surface area contributed by atoms with Gasteiger partial charge in [-0.2, -0.15) is 5.10 Å². The SMILES string of the molecule is Cc1cccc(C(CO)(CO)Cc2c(C)nn(C)c2Cl)c1. The van der Waals surface area contributed by atoms with Crippen LogP contribution in [0.2, 0.25) is 5.15 Å². The molecule has 2 rings (SSSR count). The highest BCUT2D eigenvalue weighted by Gasteiger charge is 2.33. The van der Waals surface area contributed by atoms with E-state index in [1.54, 1.807) is 11.7 Å². The molecule has 0 fully saturated rings. The van der Waals surface area contributed by atoms with Crippen LogP contribution >= 0.6 is 11.6 Å². The van der Waals surface area contributed by atoms with Crippen LogP contribution in [0.5, 0.6) is 0 Å². The normalized spacial score (nSPS) is 11.9. The first kappa shape index (κ1) is 16.0. The number of benzene rings is 1. The van der Waals surface area contributed by atoms with Crippen LogP contribution in [0.1, 0.15) is 22.4 Å². The first-order valence-corrected chi connectivity index (χ1v) is 7.28. The summed E-state index contributed by atoms with van der Waals surface area (Å²) >= 11 is 6.29. The molecule has 0 saturated heterocycles. The van der Waals surface area contributed by atoms with Gasteiger partial charge in [-0.05, 0) is 25.8 Å². The van der Waals surface area contributed by atoms with Crippen molar-refractivity contribution in [2.75, 3.05) is 13.2 Å². The highest BCUT2D eigenvalue weighted by Crippen LogP contribution is 2.32. The molecule has 2 aromatic rings. The van der Waals surface area contributed by atoms with Crippen LogP contribution in [0, 0.1) is 13.8 Å². The molecule has 4 nitrogen and oxygen atoms in total. The minimum atomic E-state index is -0.760. The van der Waals surface area contributed by atoms with Gasteiger partial charge in [-0.3, -0.25) is 4.68 Å². The van der Waals surface area contributed by atoms with E-state index in [9.17, 15) is 10.2 Å². The van der Waals surface area contributed by atoms with E-state index in [-0.39, 0.29) is 13.2 Å². The van der Waals surface area contributed by atoms with Crippen LogP contribution in [0.25, 0.3) is 0 Å². The summed E-state index contributed by atoms with van der Waals surface area (Å²) in [5.74, 6) is 0. The third-order valence-electron chi connectivity index (χ3n) is 4.02. The number of aliphatic hydroxyl groups excluding tert-OH is 2. The van der Waals surface area contributed by atoms with Crippen LogP contribution in [0.3, 0.4) is 0 Å². The fraction of sp³-hybridized carbons (Fsp3) is 0.438. The van der Waals surface area contributed by atoms with E-state index >= 15 is 0 Å². The molecule has 0 saturated carbocycles. The molecule has 1 heterocycles. The minimum absolute atomic E-state index is 0.155. The summed E-state index contributed by atoms with van der Waals surface area (Å²) in [5, 5.41) is 24.7. The quantitative estimate of drug-likeness (QED) is 0.890. The standard InChI is InChI=1S/C16H21ClN2O2/c1-11-5-4-6-13(7-11)16(9-20,10-21)8-14-12(2)18-19(3)15(14)17/h4-7,20-21H,8-10H2,1-3H3. The van der Waals surface area contributed by atoms with Gasteiger partial charge in [0.25, 0.3) is 0 Å². The van der Waals surface area contributed by atoms with Crippen LogP contribution in [-0.2, 0) is 18.9 Å². The van der Waals surface area contributed by atoms with E-state index in [2.05, 4.69) is 5.10 Å². The van der Waals surface area contributed by atoms with Gasteiger partial charge < -0.3 is 10.2 Å². The van der Waals surface area contributed by atoms with Gasteiger partial charge in [0.2, 0.25) is 0 Å². The smallest absolute Gasteiger partial charge is 0.130 e. The van der Waals surface area contributed by atoms with Crippen molar-refractivity contribution in [3.63, 3.8) is 0 Å². The molecule has 0 radical (unpaired) electrons. The Bertz CT molecular complexity index is 633. The summed E-state index contributed by atoms with van der Waals surface area (Å²) in [7, 11) is 1.78. The highest BCUT2D eigenvalue weighted by atomic mass is 35.5. The predicted octanol–water partition coefficient (Wildman–Crippen LogP) is 2.16. The van der Waals surface area contributed by atoms with Gasteiger partial charge >= 0.3 is 0 Å². The lowest BCUT2D eigenvalue weighted by molar-refractivity contribution is 0.116. The van der Waals surface area contributed by atoms with Crippen molar-refractivity contribution >= 4 is 11.6 Å². The van der Waals surface area contributed by atoms with Gasteiger partial charge in [-0.25, -0.2) is 0 Å². The Morgan fingerprint density at radius 1 is 1.24 bits per heavy atom. The first-order chi connectivity index (χ1) is 9.93. The zero-order valence-electron chi connectivity index (χ0n) is 12.6. The Labute approximate surface area is 130 Å². The predicted molar refractivity (Wildman–Crippen MR) is 83.7 cm³/mol. The monoisotopic (exact) mass is 308 g/mol. The minimum Gasteiger partial charge on any atom is -0.395 e. The molecule has 0 atom stereocenters. The summed E-state index contributed by atoms with van der Waals surface area (Å²) in [6.45, 7) is 3.57. The molecular formula is C16H21ClN2O2. The lowest BCUT2D eigenvalue weighted by Crippen LogP contribution is -2.37. The van der Waals surface area contributed by atoms with Crippen LogP contribution in [-0.4, -0.2) is 33.2 Å². The number of nitrogens with zero attached hydrogens (tertiary/aromatic N) is 2. The molecule has 0 aliphatic heterocycles. The van der Waals surface area contributed by atoms with Gasteiger partial charge in [0.05, 0.1) is 18.9 Å². The van der Waals surface area contributed by atoms with Gasteiger partial charge in [-0.15, -0.1) is 0 Å². The molecule has 0 aliphatic carbocycles. The van der Waals surface area contributed by atoms with Crippen molar-refractivity contribution < 1.29 is 10.2 Å². The summed E-state index contributed by atoms with van der Waals surface area (Å²) in [6, 6.07) is 7.85. The van der Waals surface area contributed by atoms with Crippen molar-refractivity contribution in [3.8, 4) is 0 Å². The summed E-state index contributed by atoms with van der Waals surface area (Å²) in [6.07, 6.45) is 0.446. The second-order valence-corrected chi connectivity index (χ2v) is 5.98. The van der Waals surface area contributed by atoms with Crippen LogP contribution < -0.4 is 0 Å². The summed E-state index contributed by atoms with van der Waals surface area (Å²) in [4.78, 5) is 0. The molecule has 21 heavy (non-hydrogen) atoms. The number of hydrogen-bond acceptors (Lipinski definition) is 3. The van der Waals surface area contributed by atoms with Gasteiger partial charge in [-0.1, -0.05) is 41.4 Å². The van der Waals surface area contributed by atoms with Crippen molar-refractivity contribution in [2.24, 2.45) is 7.05 Å². The number of rotatable bonds is 5. The van der Waals surface area contributed by atoms with Crippen LogP contribution in [0.15, 0.2) is 24.3 Å². The fourth-order valence-electron chi connectivity index (χ4n) is 2.63. The Kier molecular flexibility index (Phi) is 4.71. The van der Waals surface area contributed by atoms with Crippen molar-refractivity contribution in [1.82, 2.24) is 9.78 Å². The maximum Gasteiger partial charge on any atom is 0.130 e. The number of aryl methyl sites for hydroxylation is 3. The van der Waals surface area contributed by atoms with E-state index in [1.807, 2.05) is 38.1 Å². The molecule has 0 amide bonds. The molecular weight excluding hydrogens is 288 g/mol. The average molecular weight is 309 g/mol. The lowest BCUT2D eigenvalue weighted by atomic mass is 9.76. The molecule has 0 spiro atoms. The van der Waals surface area contributed by atoms with E-state index in [0.717, 1.165) is 22.4 Å². The zero-order valence-corrected chi connectivity index (χ0v) is 13.4. The van der Waals surface area contributed by atoms with Crippen molar-refractivity contribution in [2.45, 2.75) is 25.7 Å². The molecule has 0 bridgehead atoms. The first-order valence-electron chi connectivity index (χ1n) is 6.90. The van der Waals surface area contributed by atoms with E-state index in [0.29, 0.717) is 11.6 Å². The Morgan fingerprint density at radius 2 is 1.90 bits per heavy atom. The molecule has 0 unspecified atom stereocenters. The molecule has 1 aromatic heterocycles. The Balaban J connectivity index is 2.48. The average Bonchev–Trinajstić information content (AvgIpc) is 2.70. The van der Waals surface area contributed by atoms with E-state index in [4.69, 9.17) is 11.6 Å². The van der Waals surface area contributed by atoms with E-state index in [1.165, 1.54) is 0 Å². The van der Waals surface area contributed by atoms with Gasteiger partial charge in [0, 0.05) is 18.0 Å². The summed E-state index contributed by atoms with van der Waals surface area (Å²) in [5.41, 5.74) is 2.92. The van der Waals surface area contributed by atoms with Gasteiger partial charge in [0.15, 0.2) is 0 Å². The largest absolute Gasteiger partial charge is 0.395 e. The number of halogens is 1. The second kappa shape index (κ2) is 6.18. The van der Waals surface area contributed by atoms with E-state index < -0.39 is 5.41 Å². The number of aromatic nitrogens is 2. The molecule has 114 valence electrons. The third kappa shape index (κ3) is 2.98. The van der Waals surface area contributed by atoms with Crippen LogP contribution in [0.4, 0.5) is 0 Å². The molecule has 1 aromatic carbocycles. The number of hydrogen-bond donors (Lipinski definition) is 2. The zero-order chi connectivity index (χ0) is 15.6. The van der Waals surface area contributed by atoms with Gasteiger partial charge in [0.1, 0.15) is 5.15 Å². The third-order valence-corrected chi connectivity index (χ3v) is 4.49. The number of aliphatic hydroxyl groups is 2. The lowest BCUT2D eigenvalue weighted by Gasteiger charge is -2.31.